The highest BCUT2D eigenvalue weighted by atomic mass is 32.2. The third kappa shape index (κ3) is 3.87. The Hall–Kier alpha value is -2.30. The molecule has 1 fully saturated rings. The quantitative estimate of drug-likeness (QED) is 0.407. The van der Waals surface area contributed by atoms with Crippen LogP contribution in [-0.4, -0.2) is 75.3 Å². The van der Waals surface area contributed by atoms with Gasteiger partial charge in [-0.05, 0) is 0 Å². The summed E-state index contributed by atoms with van der Waals surface area (Å²) in [4.78, 5) is 12.4. The maximum absolute atomic E-state index is 11.7. The molecule has 1 saturated heterocycles. The van der Waals surface area contributed by atoms with E-state index in [1.54, 1.807) is 6.92 Å². The number of ether oxygens (including phenoxy) is 1. The van der Waals surface area contributed by atoms with Gasteiger partial charge in [-0.2, -0.15) is 0 Å². The van der Waals surface area contributed by atoms with E-state index < -0.39 is 34.6 Å². The van der Waals surface area contributed by atoms with Gasteiger partial charge in [0.2, 0.25) is 10.0 Å². The van der Waals surface area contributed by atoms with E-state index in [0.717, 1.165) is 0 Å². The van der Waals surface area contributed by atoms with E-state index in [9.17, 15) is 18.6 Å². The number of terminal acetylenes is 1. The van der Waals surface area contributed by atoms with Crippen molar-refractivity contribution in [3.63, 3.8) is 0 Å². The molecule has 11 nitrogen and oxygen atoms in total. The Morgan fingerprint density at radius 3 is 2.78 bits per heavy atom. The second-order valence-corrected chi connectivity index (χ2v) is 7.81. The van der Waals surface area contributed by atoms with Crippen molar-refractivity contribution in [2.45, 2.75) is 31.5 Å². The van der Waals surface area contributed by atoms with Crippen molar-refractivity contribution in [1.29, 1.82) is 0 Å². The first kappa shape index (κ1) is 19.5. The fourth-order valence-electron chi connectivity index (χ4n) is 2.79. The first-order chi connectivity index (χ1) is 12.9. The van der Waals surface area contributed by atoms with Crippen LogP contribution in [0.15, 0.2) is 12.7 Å². The van der Waals surface area contributed by atoms with E-state index >= 15 is 0 Å². The first-order valence-electron chi connectivity index (χ1n) is 8.24. The highest BCUT2D eigenvalue weighted by Crippen LogP contribution is 2.31. The minimum Gasteiger partial charge on any atom is -0.386 e. The Morgan fingerprint density at radius 2 is 2.11 bits per heavy atom. The van der Waals surface area contributed by atoms with E-state index in [4.69, 9.17) is 11.2 Å². The first-order valence-corrected chi connectivity index (χ1v) is 9.89. The smallest absolute Gasteiger partial charge is 0.213 e. The van der Waals surface area contributed by atoms with E-state index in [1.165, 1.54) is 17.2 Å². The van der Waals surface area contributed by atoms with Gasteiger partial charge in [-0.1, -0.05) is 12.8 Å². The summed E-state index contributed by atoms with van der Waals surface area (Å²) < 4.78 is 32.7. The van der Waals surface area contributed by atoms with Crippen LogP contribution in [-0.2, 0) is 14.8 Å². The lowest BCUT2D eigenvalue weighted by atomic mass is 10.1. The molecule has 12 heteroatoms. The van der Waals surface area contributed by atoms with Crippen molar-refractivity contribution < 1.29 is 23.4 Å². The number of aliphatic hydroxyl groups is 2. The highest BCUT2D eigenvalue weighted by molar-refractivity contribution is 7.89. The number of nitrogens with zero attached hydrogens (tertiary/aromatic N) is 4. The maximum atomic E-state index is 11.7. The SMILES string of the molecule is C#C[C@H]1O[C@@H](n2cnc3c(NCCS(=O)(=O)NCC)ncnc32)[C@@H](O)[C@@H]1O. The van der Waals surface area contributed by atoms with Crippen LogP contribution >= 0.6 is 0 Å². The lowest BCUT2D eigenvalue weighted by Crippen LogP contribution is -2.30. The zero-order valence-electron chi connectivity index (χ0n) is 14.5. The largest absolute Gasteiger partial charge is 0.386 e. The van der Waals surface area contributed by atoms with Crippen molar-refractivity contribution >= 4 is 27.0 Å². The molecule has 3 rings (SSSR count). The molecule has 0 unspecified atom stereocenters. The molecular weight excluding hydrogens is 376 g/mol. The number of aliphatic hydroxyl groups excluding tert-OH is 2. The molecule has 4 N–H and O–H groups in total. The van der Waals surface area contributed by atoms with E-state index in [2.05, 4.69) is 30.9 Å². The van der Waals surface area contributed by atoms with E-state index in [-0.39, 0.29) is 12.3 Å². The number of fused-ring (bicyclic) bond motifs is 1. The summed E-state index contributed by atoms with van der Waals surface area (Å²) in [7, 11) is -3.37. The molecule has 0 aliphatic carbocycles. The van der Waals surface area contributed by atoms with Gasteiger partial charge in [-0.25, -0.2) is 28.1 Å². The summed E-state index contributed by atoms with van der Waals surface area (Å²) in [5.74, 6) is 2.48. The van der Waals surface area contributed by atoms with Crippen LogP contribution in [0.5, 0.6) is 0 Å². The zero-order chi connectivity index (χ0) is 19.6. The van der Waals surface area contributed by atoms with Gasteiger partial charge >= 0.3 is 0 Å². The number of imidazole rings is 1. The number of hydrogen-bond acceptors (Lipinski definition) is 9. The number of sulfonamides is 1. The fourth-order valence-corrected chi connectivity index (χ4v) is 3.75. The molecule has 0 aromatic carbocycles. The third-order valence-electron chi connectivity index (χ3n) is 4.06. The molecule has 3 heterocycles. The fraction of sp³-hybridized carbons (Fsp3) is 0.533. The topological polar surface area (TPSA) is 151 Å². The van der Waals surface area contributed by atoms with Crippen LogP contribution in [0.2, 0.25) is 0 Å². The van der Waals surface area contributed by atoms with Crippen LogP contribution < -0.4 is 10.0 Å². The monoisotopic (exact) mass is 396 g/mol. The number of nitrogens with one attached hydrogen (secondary N) is 2. The molecule has 0 radical (unpaired) electrons. The zero-order valence-corrected chi connectivity index (χ0v) is 15.3. The summed E-state index contributed by atoms with van der Waals surface area (Å²) in [6.07, 6.45) is 3.57. The third-order valence-corrected chi connectivity index (χ3v) is 5.53. The number of hydrogen-bond donors (Lipinski definition) is 4. The Labute approximate surface area is 155 Å². The molecule has 0 bridgehead atoms. The van der Waals surface area contributed by atoms with E-state index in [1.807, 2.05) is 0 Å². The molecular formula is C15H20N6O5S. The van der Waals surface area contributed by atoms with Crippen molar-refractivity contribution in [3.8, 4) is 12.3 Å². The summed E-state index contributed by atoms with van der Waals surface area (Å²) >= 11 is 0. The van der Waals surface area contributed by atoms with E-state index in [0.29, 0.717) is 23.5 Å². The Morgan fingerprint density at radius 1 is 1.33 bits per heavy atom. The van der Waals surface area contributed by atoms with Crippen molar-refractivity contribution in [2.75, 3.05) is 24.2 Å². The molecule has 0 saturated carbocycles. The van der Waals surface area contributed by atoms with Gasteiger partial charge in [0.1, 0.15) is 24.6 Å². The molecule has 1 aliphatic heterocycles. The van der Waals surface area contributed by atoms with Gasteiger partial charge < -0.3 is 20.3 Å². The van der Waals surface area contributed by atoms with Crippen molar-refractivity contribution in [1.82, 2.24) is 24.2 Å². The molecule has 0 spiro atoms. The molecule has 1 aliphatic rings. The van der Waals surface area contributed by atoms with Crippen LogP contribution in [0.3, 0.4) is 0 Å². The maximum Gasteiger partial charge on any atom is 0.213 e. The molecule has 27 heavy (non-hydrogen) atoms. The standard InChI is InChI=1S/C15H20N6O5S/c1-3-9-11(22)12(23)15(26-9)21-8-19-10-13(17-7-18-14(10)21)16-5-6-27(24,25)20-4-2/h1,7-9,11-12,15,20,22-23H,4-6H2,2H3,(H,16,17,18)/t9-,11-,12+,15-/m1/s1. The van der Waals surface area contributed by atoms with Crippen LogP contribution in [0.4, 0.5) is 5.82 Å². The summed E-state index contributed by atoms with van der Waals surface area (Å²) in [5, 5.41) is 23.0. The van der Waals surface area contributed by atoms with Gasteiger partial charge in [-0.15, -0.1) is 6.42 Å². The second kappa shape index (κ2) is 7.75. The highest BCUT2D eigenvalue weighted by Gasteiger charge is 2.43. The van der Waals surface area contributed by atoms with Crippen LogP contribution in [0.1, 0.15) is 13.2 Å². The molecule has 2 aromatic rings. The van der Waals surface area contributed by atoms with Gasteiger partial charge in [0.05, 0.1) is 12.1 Å². The van der Waals surface area contributed by atoms with Gasteiger partial charge in [-0.3, -0.25) is 4.57 Å². The Bertz CT molecular complexity index is 955. The summed E-state index contributed by atoms with van der Waals surface area (Å²) in [6.45, 7) is 2.14. The van der Waals surface area contributed by atoms with Gasteiger partial charge in [0, 0.05) is 13.1 Å². The minimum atomic E-state index is -3.37. The van der Waals surface area contributed by atoms with Gasteiger partial charge in [0.15, 0.2) is 23.2 Å². The number of rotatable bonds is 7. The molecule has 2 aromatic heterocycles. The molecule has 146 valence electrons. The number of anilines is 1. The van der Waals surface area contributed by atoms with Crippen molar-refractivity contribution in [2.24, 2.45) is 0 Å². The summed E-state index contributed by atoms with van der Waals surface area (Å²) in [6, 6.07) is 0. The van der Waals surface area contributed by atoms with Crippen LogP contribution in [0.25, 0.3) is 11.2 Å². The lowest BCUT2D eigenvalue weighted by Gasteiger charge is -2.16. The number of aromatic nitrogens is 4. The summed E-state index contributed by atoms with van der Waals surface area (Å²) in [5.41, 5.74) is 0.712. The average Bonchev–Trinajstić information content (AvgIpc) is 3.17. The van der Waals surface area contributed by atoms with Crippen LogP contribution in [0, 0.1) is 12.3 Å². The second-order valence-electron chi connectivity index (χ2n) is 5.88. The normalized spacial score (nSPS) is 25.6. The molecule has 4 atom stereocenters. The Kier molecular flexibility index (Phi) is 5.59. The van der Waals surface area contributed by atoms with Gasteiger partial charge in [0.25, 0.3) is 0 Å². The molecule has 0 amide bonds. The average molecular weight is 396 g/mol. The predicted octanol–water partition coefficient (Wildman–Crippen LogP) is -1.57. The minimum absolute atomic E-state index is 0.120. The Balaban J connectivity index is 1.80. The lowest BCUT2D eigenvalue weighted by molar-refractivity contribution is -0.0230. The predicted molar refractivity (Wildman–Crippen MR) is 96.0 cm³/mol. The van der Waals surface area contributed by atoms with Crippen molar-refractivity contribution in [3.05, 3.63) is 12.7 Å².